The van der Waals surface area contributed by atoms with E-state index in [2.05, 4.69) is 35.5 Å². The molecule has 0 radical (unpaired) electrons. The zero-order chi connectivity index (χ0) is 43.6. The molecule has 0 bridgehead atoms. The minimum Gasteiger partial charge on any atom is -0.425 e. The van der Waals surface area contributed by atoms with Crippen LogP contribution in [0.3, 0.4) is 0 Å². The summed E-state index contributed by atoms with van der Waals surface area (Å²) in [6.07, 6.45) is 6.78. The fourth-order valence-corrected chi connectivity index (χ4v) is 7.77. The molecule has 2 unspecified atom stereocenters. The highest BCUT2D eigenvalue weighted by Crippen LogP contribution is 2.49. The van der Waals surface area contributed by atoms with Crippen molar-refractivity contribution in [1.82, 2.24) is 24.9 Å². The van der Waals surface area contributed by atoms with Gasteiger partial charge >= 0.3 is 14.2 Å². The second kappa shape index (κ2) is 23.5. The average Bonchev–Trinajstić information content (AvgIpc) is 3.62. The van der Waals surface area contributed by atoms with Crippen molar-refractivity contribution in [3.8, 4) is 0 Å². The Kier molecular flexibility index (Phi) is 18.0. The van der Waals surface area contributed by atoms with E-state index >= 15 is 0 Å². The third-order valence-electron chi connectivity index (χ3n) is 9.23. The predicted octanol–water partition coefficient (Wildman–Crippen LogP) is 7.24. The lowest BCUT2D eigenvalue weighted by Crippen LogP contribution is -2.35. The summed E-state index contributed by atoms with van der Waals surface area (Å²) in [7, 11) is 2.34. The zero-order valence-electron chi connectivity index (χ0n) is 36.2. The van der Waals surface area contributed by atoms with Crippen LogP contribution in [0.1, 0.15) is 97.1 Å². The Balaban J connectivity index is 1.19. The minimum atomic E-state index is -1.61. The SMILES string of the molecule is [2H]C[C@H]1O[C@@H](n2cc(/C=C/C(=O)NCCCCCCNC(=O)c3ccc(/N=N/c4ccc(N(C)C)cc4)cc3)c(=O)[nH]c2=O)CC1OP(O/C=N/CC)N(C(C)C)C(C)C. The van der Waals surface area contributed by atoms with E-state index in [-0.39, 0.29) is 42.8 Å². The summed E-state index contributed by atoms with van der Waals surface area (Å²) in [4.78, 5) is 59.3. The number of aromatic amines is 1. The number of unbranched alkanes of at least 4 members (excludes halogenated alkanes) is 3. The molecule has 1 aromatic heterocycles. The van der Waals surface area contributed by atoms with E-state index < -0.39 is 38.2 Å². The maximum Gasteiger partial charge on any atom is 0.330 e. The van der Waals surface area contributed by atoms with Gasteiger partial charge in [-0.15, -0.1) is 0 Å². The van der Waals surface area contributed by atoms with E-state index in [4.69, 9.17) is 15.2 Å². The molecule has 17 heteroatoms. The van der Waals surface area contributed by atoms with Crippen LogP contribution in [0.4, 0.5) is 17.1 Å². The highest BCUT2D eigenvalue weighted by Gasteiger charge is 2.40. The second-order valence-corrected chi connectivity index (χ2v) is 16.1. The van der Waals surface area contributed by atoms with Gasteiger partial charge in [0.1, 0.15) is 6.23 Å². The number of benzene rings is 2. The van der Waals surface area contributed by atoms with Crippen LogP contribution < -0.4 is 26.8 Å². The second-order valence-electron chi connectivity index (χ2n) is 14.7. The van der Waals surface area contributed by atoms with Gasteiger partial charge in [-0.2, -0.15) is 10.2 Å². The zero-order valence-corrected chi connectivity index (χ0v) is 36.1. The van der Waals surface area contributed by atoms with Crippen LogP contribution in [0.25, 0.3) is 6.08 Å². The van der Waals surface area contributed by atoms with Crippen molar-refractivity contribution in [2.45, 2.75) is 104 Å². The van der Waals surface area contributed by atoms with Gasteiger partial charge in [-0.1, -0.05) is 12.8 Å². The Morgan fingerprint density at radius 2 is 1.61 bits per heavy atom. The number of rotatable bonds is 22. The van der Waals surface area contributed by atoms with Crippen molar-refractivity contribution in [2.24, 2.45) is 15.2 Å². The number of aliphatic imine (C=N–C) groups is 1. The molecule has 3 N–H and O–H groups in total. The fraction of sp³-hybridized carbons (Fsp3) is 0.500. The van der Waals surface area contributed by atoms with E-state index in [1.54, 1.807) is 24.3 Å². The Labute approximate surface area is 349 Å². The predicted molar refractivity (Wildman–Crippen MR) is 234 cm³/mol. The monoisotopic (exact) mass is 834 g/mol. The Morgan fingerprint density at radius 1 is 0.983 bits per heavy atom. The van der Waals surface area contributed by atoms with Crippen molar-refractivity contribution in [3.63, 3.8) is 0 Å². The maximum absolute atomic E-state index is 12.9. The molecule has 1 fully saturated rings. The molecule has 59 heavy (non-hydrogen) atoms. The standard InChI is InChI=1S/C42H60N9O7P/c1-9-43-28-56-59(51(29(2)3)30(4)5)58-37-26-39(57-31(37)6)50-27-33(41(54)46-42(50)55)16-23-38(52)44-24-12-10-11-13-25-45-40(53)32-14-17-34(18-15-32)47-48-35-19-21-36(22-20-35)49(7)8/h14-23,27-31,37,39H,9-13,24-26H2,1-8H3,(H,44,52)(H,45,53)(H,46,54,55)/b23-16+,43-28+,48-47+/t31-,37?,39-,59?/m1/s1/i6D. The fourth-order valence-electron chi connectivity index (χ4n) is 6.15. The number of hydrogen-bond acceptors (Lipinski definition) is 12. The first-order valence-electron chi connectivity index (χ1n) is 20.8. The molecule has 16 nitrogen and oxygen atoms in total. The largest absolute Gasteiger partial charge is 0.425 e. The van der Waals surface area contributed by atoms with E-state index in [0.29, 0.717) is 30.9 Å². The van der Waals surface area contributed by atoms with Gasteiger partial charge in [0.25, 0.3) is 11.5 Å². The first-order valence-corrected chi connectivity index (χ1v) is 21.2. The van der Waals surface area contributed by atoms with Crippen LogP contribution in [-0.2, 0) is 18.6 Å². The van der Waals surface area contributed by atoms with Crippen molar-refractivity contribution in [2.75, 3.05) is 38.6 Å². The van der Waals surface area contributed by atoms with Crippen molar-refractivity contribution >= 4 is 49.9 Å². The Hall–Kier alpha value is -5.02. The smallest absolute Gasteiger partial charge is 0.330 e. The summed E-state index contributed by atoms with van der Waals surface area (Å²) >= 11 is 0. The van der Waals surface area contributed by atoms with E-state index in [1.165, 1.54) is 29.3 Å². The average molecular weight is 835 g/mol. The molecule has 1 aliphatic heterocycles. The summed E-state index contributed by atoms with van der Waals surface area (Å²) in [6.45, 7) is 11.5. The first-order chi connectivity index (χ1) is 28.8. The molecule has 0 aliphatic carbocycles. The van der Waals surface area contributed by atoms with Gasteiger partial charge in [0, 0.05) is 77.1 Å². The van der Waals surface area contributed by atoms with Gasteiger partial charge in [-0.3, -0.25) is 28.9 Å². The summed E-state index contributed by atoms with van der Waals surface area (Å²) in [5.41, 5.74) is 1.78. The highest BCUT2D eigenvalue weighted by molar-refractivity contribution is 7.45. The Morgan fingerprint density at radius 3 is 2.20 bits per heavy atom. The summed E-state index contributed by atoms with van der Waals surface area (Å²) in [5, 5.41) is 14.3. The topological polar surface area (TPSA) is 184 Å². The molecule has 2 amide bonds. The molecule has 320 valence electrons. The Bertz CT molecular complexity index is 2010. The molecule has 1 aliphatic rings. The molecule has 0 spiro atoms. The minimum absolute atomic E-state index is 0.0951. The number of anilines is 1. The molecule has 4 rings (SSSR count). The lowest BCUT2D eigenvalue weighted by Gasteiger charge is -2.36. The number of azo groups is 1. The molecule has 0 saturated carbocycles. The van der Waals surface area contributed by atoms with E-state index in [9.17, 15) is 19.2 Å². The molecule has 4 atom stereocenters. The van der Waals surface area contributed by atoms with Crippen LogP contribution in [0.2, 0.25) is 0 Å². The number of amides is 2. The van der Waals surface area contributed by atoms with Crippen LogP contribution >= 0.6 is 8.53 Å². The van der Waals surface area contributed by atoms with E-state index in [1.807, 2.05) is 77.9 Å². The van der Waals surface area contributed by atoms with Gasteiger partial charge < -0.3 is 29.3 Å². The maximum atomic E-state index is 12.9. The van der Waals surface area contributed by atoms with Crippen molar-refractivity contribution in [1.29, 1.82) is 0 Å². The summed E-state index contributed by atoms with van der Waals surface area (Å²) < 4.78 is 30.0. The third-order valence-corrected chi connectivity index (χ3v) is 11.3. The van der Waals surface area contributed by atoms with Gasteiger partial charge in [0.2, 0.25) is 5.91 Å². The van der Waals surface area contributed by atoms with Crippen LogP contribution in [0, 0.1) is 0 Å². The molecule has 1 saturated heterocycles. The van der Waals surface area contributed by atoms with Gasteiger partial charge in [0.15, 0.2) is 6.40 Å². The quantitative estimate of drug-likeness (QED) is 0.0235. The third kappa shape index (κ3) is 14.6. The molecular weight excluding hydrogens is 773 g/mol. The molecule has 3 aromatic rings. The number of aromatic nitrogens is 2. The number of ether oxygens (including phenoxy) is 1. The number of carbonyl (C=O) groups is 2. The first kappa shape index (κ1) is 45.1. The summed E-state index contributed by atoms with van der Waals surface area (Å²) in [6, 6.07) is 14.9. The van der Waals surface area contributed by atoms with Crippen LogP contribution in [0.15, 0.2) is 85.6 Å². The number of nitrogens with zero attached hydrogens (tertiary/aromatic N) is 6. The van der Waals surface area contributed by atoms with Crippen LogP contribution in [-0.4, -0.2) is 90.5 Å². The molecule has 2 heterocycles. The van der Waals surface area contributed by atoms with Crippen molar-refractivity contribution < 1.29 is 24.7 Å². The highest BCUT2D eigenvalue weighted by atomic mass is 31.2. The summed E-state index contributed by atoms with van der Waals surface area (Å²) in [5.74, 6) is -0.546. The number of nitrogens with one attached hydrogen (secondary N) is 3. The van der Waals surface area contributed by atoms with Crippen molar-refractivity contribution in [3.05, 3.63) is 92.8 Å². The molecule has 2 aromatic carbocycles. The lowest BCUT2D eigenvalue weighted by molar-refractivity contribution is -0.116. The van der Waals surface area contributed by atoms with Gasteiger partial charge in [0.05, 0.1) is 29.1 Å². The van der Waals surface area contributed by atoms with Gasteiger partial charge in [-0.05, 0) is 109 Å². The van der Waals surface area contributed by atoms with Crippen LogP contribution in [0.5, 0.6) is 0 Å². The molecular formula is C42H60N9O7P. The van der Waals surface area contributed by atoms with E-state index in [0.717, 1.165) is 37.1 Å². The lowest BCUT2D eigenvalue weighted by atomic mass is 10.1. The van der Waals surface area contributed by atoms with Gasteiger partial charge in [-0.25, -0.2) is 9.46 Å². The number of hydrogen-bond donors (Lipinski definition) is 3. The number of carbonyl (C=O) groups excluding carboxylic acids is 2. The number of H-pyrrole nitrogens is 1. The normalized spacial score (nSPS) is 17.7.